The number of hydroxylamine groups is 1. The lowest BCUT2D eigenvalue weighted by molar-refractivity contribution is -0.138. The first-order valence-corrected chi connectivity index (χ1v) is 6.84. The maximum absolute atomic E-state index is 13.7. The molecule has 2 unspecified atom stereocenters. The Morgan fingerprint density at radius 1 is 1.55 bits per heavy atom. The number of hydrogen-bond donors (Lipinski definition) is 4. The van der Waals surface area contributed by atoms with Crippen molar-refractivity contribution in [3.8, 4) is 0 Å². The standard InChI is InChI=1S/C14H18FN3O4/c1-7-11(5-18-22-7)8-2-9(4-10(15)3-8)13(19)17-6-12(16)14(20)21/h2-4,7,11-12,18H,5-6,16H2,1H3,(H,17,19)(H,20,21)/t7?,11?,12-/m1/s1. The molecular weight excluding hydrogens is 293 g/mol. The van der Waals surface area contributed by atoms with Crippen LogP contribution in [0.4, 0.5) is 4.39 Å². The lowest BCUT2D eigenvalue weighted by Gasteiger charge is -2.15. The van der Waals surface area contributed by atoms with E-state index in [1.807, 2.05) is 6.92 Å². The fraction of sp³-hybridized carbons (Fsp3) is 0.429. The van der Waals surface area contributed by atoms with Gasteiger partial charge in [-0.15, -0.1) is 0 Å². The molecule has 1 aromatic carbocycles. The van der Waals surface area contributed by atoms with Gasteiger partial charge in [0.25, 0.3) is 5.91 Å². The predicted octanol–water partition coefficient (Wildman–Crippen LogP) is -0.0257. The van der Waals surface area contributed by atoms with Crippen LogP contribution in [0, 0.1) is 5.82 Å². The lowest BCUT2D eigenvalue weighted by Crippen LogP contribution is -2.42. The van der Waals surface area contributed by atoms with E-state index < -0.39 is 23.7 Å². The average molecular weight is 311 g/mol. The molecule has 0 spiro atoms. The molecule has 22 heavy (non-hydrogen) atoms. The van der Waals surface area contributed by atoms with E-state index in [1.165, 1.54) is 6.07 Å². The SMILES string of the molecule is CC1ONCC1c1cc(F)cc(C(=O)NC[C@@H](N)C(=O)O)c1. The first-order chi connectivity index (χ1) is 10.4. The Labute approximate surface area is 126 Å². The summed E-state index contributed by atoms with van der Waals surface area (Å²) in [5, 5.41) is 11.0. The normalized spacial score (nSPS) is 22.3. The topological polar surface area (TPSA) is 114 Å². The van der Waals surface area contributed by atoms with Gasteiger partial charge in [-0.25, -0.2) is 9.87 Å². The van der Waals surface area contributed by atoms with Crippen LogP contribution >= 0.6 is 0 Å². The number of carboxylic acid groups (broad SMARTS) is 1. The molecule has 0 aliphatic carbocycles. The fourth-order valence-electron chi connectivity index (χ4n) is 2.26. The Balaban J connectivity index is 2.12. The predicted molar refractivity (Wildman–Crippen MR) is 75.6 cm³/mol. The largest absolute Gasteiger partial charge is 0.480 e. The van der Waals surface area contributed by atoms with Gasteiger partial charge in [-0.05, 0) is 30.7 Å². The molecule has 0 radical (unpaired) electrons. The van der Waals surface area contributed by atoms with E-state index in [4.69, 9.17) is 15.7 Å². The van der Waals surface area contributed by atoms with Crippen LogP contribution in [0.25, 0.3) is 0 Å². The minimum Gasteiger partial charge on any atom is -0.480 e. The molecule has 1 aliphatic heterocycles. The Hall–Kier alpha value is -2.03. The van der Waals surface area contributed by atoms with Gasteiger partial charge < -0.3 is 16.2 Å². The van der Waals surface area contributed by atoms with Crippen molar-refractivity contribution in [1.82, 2.24) is 10.8 Å². The van der Waals surface area contributed by atoms with Crippen molar-refractivity contribution in [2.45, 2.75) is 25.0 Å². The number of nitrogens with one attached hydrogen (secondary N) is 2. The number of hydrogen-bond acceptors (Lipinski definition) is 5. The molecule has 1 aromatic rings. The maximum atomic E-state index is 13.7. The number of carboxylic acids is 1. The second-order valence-electron chi connectivity index (χ2n) is 5.21. The molecule has 0 saturated carbocycles. The summed E-state index contributed by atoms with van der Waals surface area (Å²) in [6, 6.07) is 2.82. The third-order valence-electron chi connectivity index (χ3n) is 3.55. The molecule has 7 nitrogen and oxygen atoms in total. The van der Waals surface area contributed by atoms with Crippen molar-refractivity contribution >= 4 is 11.9 Å². The van der Waals surface area contributed by atoms with E-state index in [9.17, 15) is 14.0 Å². The van der Waals surface area contributed by atoms with Gasteiger partial charge in [-0.2, -0.15) is 0 Å². The first-order valence-electron chi connectivity index (χ1n) is 6.84. The summed E-state index contributed by atoms with van der Waals surface area (Å²) in [6.45, 7) is 2.14. The number of benzene rings is 1. The van der Waals surface area contributed by atoms with E-state index in [1.54, 1.807) is 6.07 Å². The second kappa shape index (κ2) is 6.82. The summed E-state index contributed by atoms with van der Waals surface area (Å²) in [4.78, 5) is 27.8. The van der Waals surface area contributed by atoms with Gasteiger partial charge in [0.2, 0.25) is 0 Å². The minimum absolute atomic E-state index is 0.0662. The molecule has 120 valence electrons. The van der Waals surface area contributed by atoms with Crippen LogP contribution in [0.2, 0.25) is 0 Å². The summed E-state index contributed by atoms with van der Waals surface area (Å²) < 4.78 is 13.7. The van der Waals surface area contributed by atoms with Crippen LogP contribution in [-0.4, -0.2) is 42.2 Å². The Morgan fingerprint density at radius 2 is 2.27 bits per heavy atom. The summed E-state index contributed by atoms with van der Waals surface area (Å²) in [7, 11) is 0. The van der Waals surface area contributed by atoms with Crippen LogP contribution in [-0.2, 0) is 9.63 Å². The highest BCUT2D eigenvalue weighted by atomic mass is 19.1. The summed E-state index contributed by atoms with van der Waals surface area (Å²) in [5.74, 6) is -2.40. The van der Waals surface area contributed by atoms with Crippen molar-refractivity contribution in [3.63, 3.8) is 0 Å². The van der Waals surface area contributed by atoms with Gasteiger partial charge in [0.05, 0.1) is 6.10 Å². The fourth-order valence-corrected chi connectivity index (χ4v) is 2.26. The number of nitrogens with two attached hydrogens (primary N) is 1. The number of carbonyl (C=O) groups is 2. The highest BCUT2D eigenvalue weighted by molar-refractivity contribution is 5.94. The van der Waals surface area contributed by atoms with Gasteiger partial charge in [0, 0.05) is 24.6 Å². The number of aliphatic carboxylic acids is 1. The van der Waals surface area contributed by atoms with Crippen LogP contribution in [0.15, 0.2) is 18.2 Å². The first kappa shape index (κ1) is 16.3. The molecule has 0 aromatic heterocycles. The molecule has 1 heterocycles. The molecule has 3 atom stereocenters. The maximum Gasteiger partial charge on any atom is 0.322 e. The molecular formula is C14H18FN3O4. The van der Waals surface area contributed by atoms with Gasteiger partial charge >= 0.3 is 5.97 Å². The van der Waals surface area contributed by atoms with Crippen LogP contribution < -0.4 is 16.5 Å². The van der Waals surface area contributed by atoms with E-state index in [-0.39, 0.29) is 24.1 Å². The molecule has 1 aliphatic rings. The van der Waals surface area contributed by atoms with E-state index in [2.05, 4.69) is 10.8 Å². The average Bonchev–Trinajstić information content (AvgIpc) is 2.89. The van der Waals surface area contributed by atoms with Gasteiger partial charge in [0.15, 0.2) is 0 Å². The highest BCUT2D eigenvalue weighted by Crippen LogP contribution is 2.26. The highest BCUT2D eigenvalue weighted by Gasteiger charge is 2.27. The van der Waals surface area contributed by atoms with Crippen molar-refractivity contribution in [3.05, 3.63) is 35.1 Å². The van der Waals surface area contributed by atoms with E-state index in [0.29, 0.717) is 12.1 Å². The van der Waals surface area contributed by atoms with Crippen LogP contribution in [0.1, 0.15) is 28.8 Å². The van der Waals surface area contributed by atoms with E-state index >= 15 is 0 Å². The van der Waals surface area contributed by atoms with Gasteiger partial charge in [0.1, 0.15) is 11.9 Å². The third kappa shape index (κ3) is 3.79. The molecule has 1 amide bonds. The number of halogens is 1. The Bertz CT molecular complexity index is 581. The van der Waals surface area contributed by atoms with Gasteiger partial charge in [-0.3, -0.25) is 14.4 Å². The van der Waals surface area contributed by atoms with Crippen molar-refractivity contribution < 1.29 is 23.9 Å². The zero-order valence-electron chi connectivity index (χ0n) is 12.0. The molecule has 5 N–H and O–H groups in total. The monoisotopic (exact) mass is 311 g/mol. The van der Waals surface area contributed by atoms with Gasteiger partial charge in [-0.1, -0.05) is 0 Å². The third-order valence-corrected chi connectivity index (χ3v) is 3.55. The Kier molecular flexibility index (Phi) is 5.07. The molecule has 1 fully saturated rings. The molecule has 0 bridgehead atoms. The molecule has 8 heteroatoms. The van der Waals surface area contributed by atoms with Crippen molar-refractivity contribution in [2.24, 2.45) is 5.73 Å². The second-order valence-corrected chi connectivity index (χ2v) is 5.21. The van der Waals surface area contributed by atoms with Crippen molar-refractivity contribution in [1.29, 1.82) is 0 Å². The number of rotatable bonds is 5. The summed E-state index contributed by atoms with van der Waals surface area (Å²) >= 11 is 0. The zero-order chi connectivity index (χ0) is 16.3. The summed E-state index contributed by atoms with van der Waals surface area (Å²) in [6.07, 6.45) is -0.141. The lowest BCUT2D eigenvalue weighted by atomic mass is 9.93. The Morgan fingerprint density at radius 3 is 2.86 bits per heavy atom. The number of carbonyl (C=O) groups excluding carboxylic acids is 1. The minimum atomic E-state index is -1.22. The quantitative estimate of drug-likeness (QED) is 0.607. The van der Waals surface area contributed by atoms with Crippen molar-refractivity contribution in [2.75, 3.05) is 13.1 Å². The molecule has 1 saturated heterocycles. The smallest absolute Gasteiger partial charge is 0.322 e. The zero-order valence-corrected chi connectivity index (χ0v) is 12.0. The molecule has 2 rings (SSSR count). The number of amides is 1. The van der Waals surface area contributed by atoms with Crippen LogP contribution in [0.5, 0.6) is 0 Å². The summed E-state index contributed by atoms with van der Waals surface area (Å²) in [5.41, 5.74) is 8.80. The van der Waals surface area contributed by atoms with E-state index in [0.717, 1.165) is 6.07 Å². The van der Waals surface area contributed by atoms with Crippen LogP contribution in [0.3, 0.4) is 0 Å².